The zero-order valence-electron chi connectivity index (χ0n) is 14.8. The van der Waals surface area contributed by atoms with Crippen LogP contribution in [0.3, 0.4) is 0 Å². The fourth-order valence-corrected chi connectivity index (χ4v) is 4.15. The largest absolute Gasteiger partial charge is 0.416 e. The van der Waals surface area contributed by atoms with Crippen molar-refractivity contribution in [2.45, 2.75) is 25.1 Å². The predicted octanol–water partition coefficient (Wildman–Crippen LogP) is 5.14. The lowest BCUT2D eigenvalue weighted by Gasteiger charge is -2.23. The van der Waals surface area contributed by atoms with Crippen LogP contribution in [0, 0.1) is 0 Å². The van der Waals surface area contributed by atoms with Gasteiger partial charge in [-0.1, -0.05) is 23.5 Å². The Balaban J connectivity index is 1.66. The number of alkyl halides is 3. The van der Waals surface area contributed by atoms with Crippen molar-refractivity contribution in [1.82, 2.24) is 4.98 Å². The maximum atomic E-state index is 13.1. The monoisotopic (exact) mass is 406 g/mol. The normalized spacial score (nSPS) is 17.2. The molecule has 2 aromatic carbocycles. The van der Waals surface area contributed by atoms with E-state index in [1.807, 2.05) is 24.3 Å². The molecule has 0 radical (unpaired) electrons. The summed E-state index contributed by atoms with van der Waals surface area (Å²) in [6.45, 7) is 0.965. The lowest BCUT2D eigenvalue weighted by atomic mass is 10.1. The highest BCUT2D eigenvalue weighted by molar-refractivity contribution is 7.22. The Morgan fingerprint density at radius 3 is 2.57 bits per heavy atom. The van der Waals surface area contributed by atoms with Gasteiger partial charge in [0.05, 0.1) is 28.4 Å². The smallest absolute Gasteiger partial charge is 0.376 e. The van der Waals surface area contributed by atoms with Crippen LogP contribution >= 0.6 is 11.3 Å². The molecule has 1 aromatic heterocycles. The summed E-state index contributed by atoms with van der Waals surface area (Å²) in [4.78, 5) is 19.2. The van der Waals surface area contributed by atoms with Gasteiger partial charge in [-0.05, 0) is 49.2 Å². The first-order valence-corrected chi connectivity index (χ1v) is 9.70. The van der Waals surface area contributed by atoms with Crippen LogP contribution in [-0.4, -0.2) is 30.1 Å². The molecule has 1 fully saturated rings. The molecule has 4 nitrogen and oxygen atoms in total. The molecule has 2 heterocycles. The van der Waals surface area contributed by atoms with Crippen molar-refractivity contribution in [2.24, 2.45) is 0 Å². The average molecular weight is 406 g/mol. The second kappa shape index (κ2) is 7.52. The van der Waals surface area contributed by atoms with Gasteiger partial charge in [0.15, 0.2) is 5.13 Å². The van der Waals surface area contributed by atoms with E-state index in [-0.39, 0.29) is 17.6 Å². The summed E-state index contributed by atoms with van der Waals surface area (Å²) in [7, 11) is 0. The van der Waals surface area contributed by atoms with Crippen LogP contribution in [0.2, 0.25) is 0 Å². The topological polar surface area (TPSA) is 42.4 Å². The van der Waals surface area contributed by atoms with Gasteiger partial charge < -0.3 is 4.74 Å². The lowest BCUT2D eigenvalue weighted by Crippen LogP contribution is -2.37. The Hall–Kier alpha value is -2.45. The Labute approximate surface area is 163 Å². The number of hydrogen-bond acceptors (Lipinski definition) is 4. The first kappa shape index (κ1) is 18.9. The Morgan fingerprint density at radius 1 is 1.18 bits per heavy atom. The fourth-order valence-electron chi connectivity index (χ4n) is 3.17. The highest BCUT2D eigenvalue weighted by atomic mass is 32.1. The van der Waals surface area contributed by atoms with Gasteiger partial charge in [-0.15, -0.1) is 0 Å². The van der Waals surface area contributed by atoms with Crippen molar-refractivity contribution in [3.05, 3.63) is 59.7 Å². The van der Waals surface area contributed by atoms with E-state index in [0.717, 1.165) is 35.2 Å². The maximum absolute atomic E-state index is 13.1. The third kappa shape index (κ3) is 3.88. The first-order chi connectivity index (χ1) is 13.4. The number of halogens is 3. The SMILES string of the molecule is O=C(c1ccc(C(F)(F)F)cc1)N(CC1CCCO1)c1nc2ccccc2s1. The Bertz CT molecular complexity index is 946. The highest BCUT2D eigenvalue weighted by Gasteiger charge is 2.31. The molecule has 1 atom stereocenters. The van der Waals surface area contributed by atoms with Gasteiger partial charge in [0.2, 0.25) is 0 Å². The quantitative estimate of drug-likeness (QED) is 0.602. The maximum Gasteiger partial charge on any atom is 0.416 e. The number of rotatable bonds is 4. The summed E-state index contributed by atoms with van der Waals surface area (Å²) in [5.74, 6) is -0.386. The standard InChI is InChI=1S/C20H17F3N2O2S/c21-20(22,23)14-9-7-13(8-10-14)18(26)25(12-15-4-3-11-27-15)19-24-16-5-1-2-6-17(16)28-19/h1-2,5-10,15H,3-4,11-12H2. The molecular formula is C20H17F3N2O2S. The molecule has 0 spiro atoms. The summed E-state index contributed by atoms with van der Waals surface area (Å²) in [5, 5.41) is 0.515. The molecule has 4 rings (SSSR count). The highest BCUT2D eigenvalue weighted by Crippen LogP contribution is 2.32. The number of fused-ring (bicyclic) bond motifs is 1. The van der Waals surface area contributed by atoms with Crippen molar-refractivity contribution in [3.8, 4) is 0 Å². The minimum absolute atomic E-state index is 0.106. The van der Waals surface area contributed by atoms with E-state index < -0.39 is 11.7 Å². The van der Waals surface area contributed by atoms with Crippen molar-refractivity contribution in [2.75, 3.05) is 18.1 Å². The van der Waals surface area contributed by atoms with Crippen molar-refractivity contribution >= 4 is 32.6 Å². The van der Waals surface area contributed by atoms with Crippen molar-refractivity contribution in [1.29, 1.82) is 0 Å². The number of aromatic nitrogens is 1. The number of hydrogen-bond donors (Lipinski definition) is 0. The van der Waals surface area contributed by atoms with Gasteiger partial charge in [-0.25, -0.2) is 4.98 Å². The summed E-state index contributed by atoms with van der Waals surface area (Å²) in [5.41, 5.74) is 0.181. The zero-order valence-corrected chi connectivity index (χ0v) is 15.6. The van der Waals surface area contributed by atoms with Gasteiger partial charge in [0.1, 0.15) is 0 Å². The molecule has 0 bridgehead atoms. The molecule has 8 heteroatoms. The van der Waals surface area contributed by atoms with E-state index in [1.165, 1.54) is 28.4 Å². The average Bonchev–Trinajstić information content (AvgIpc) is 3.34. The zero-order chi connectivity index (χ0) is 19.7. The summed E-state index contributed by atoms with van der Waals surface area (Å²) < 4.78 is 45.0. The molecule has 1 saturated heterocycles. The number of amides is 1. The number of benzene rings is 2. The third-order valence-electron chi connectivity index (χ3n) is 4.63. The second-order valence-corrected chi connectivity index (χ2v) is 7.60. The number of carbonyl (C=O) groups excluding carboxylic acids is 1. The number of nitrogens with zero attached hydrogens (tertiary/aromatic N) is 2. The lowest BCUT2D eigenvalue weighted by molar-refractivity contribution is -0.137. The molecule has 3 aromatic rings. The van der Waals surface area contributed by atoms with E-state index in [1.54, 1.807) is 0 Å². The van der Waals surface area contributed by atoms with Crippen LogP contribution in [-0.2, 0) is 10.9 Å². The van der Waals surface area contributed by atoms with Crippen LogP contribution in [0.1, 0.15) is 28.8 Å². The Kier molecular flexibility index (Phi) is 5.07. The third-order valence-corrected chi connectivity index (χ3v) is 5.69. The minimum Gasteiger partial charge on any atom is -0.376 e. The number of para-hydroxylation sites is 1. The minimum atomic E-state index is -4.44. The van der Waals surface area contributed by atoms with Gasteiger partial charge in [0.25, 0.3) is 5.91 Å². The molecule has 0 saturated carbocycles. The molecule has 28 heavy (non-hydrogen) atoms. The van der Waals surface area contributed by atoms with Crippen LogP contribution in [0.4, 0.5) is 18.3 Å². The Morgan fingerprint density at radius 2 is 1.93 bits per heavy atom. The van der Waals surface area contributed by atoms with Gasteiger partial charge in [0, 0.05) is 12.2 Å². The molecule has 1 aliphatic heterocycles. The second-order valence-electron chi connectivity index (χ2n) is 6.59. The van der Waals surface area contributed by atoms with Gasteiger partial charge in [-0.2, -0.15) is 13.2 Å². The van der Waals surface area contributed by atoms with E-state index in [0.29, 0.717) is 18.3 Å². The molecule has 146 valence electrons. The fraction of sp³-hybridized carbons (Fsp3) is 0.300. The molecule has 1 aliphatic rings. The van der Waals surface area contributed by atoms with E-state index in [9.17, 15) is 18.0 Å². The molecule has 1 unspecified atom stereocenters. The van der Waals surface area contributed by atoms with E-state index in [4.69, 9.17) is 4.74 Å². The van der Waals surface area contributed by atoms with E-state index >= 15 is 0 Å². The summed E-state index contributed by atoms with van der Waals surface area (Å²) >= 11 is 1.38. The molecule has 0 N–H and O–H groups in total. The number of ether oxygens (including phenoxy) is 1. The van der Waals surface area contributed by atoms with Crippen LogP contribution in [0.15, 0.2) is 48.5 Å². The first-order valence-electron chi connectivity index (χ1n) is 8.88. The van der Waals surface area contributed by atoms with Crippen LogP contribution in [0.25, 0.3) is 10.2 Å². The van der Waals surface area contributed by atoms with Gasteiger partial charge in [-0.3, -0.25) is 9.69 Å². The number of carbonyl (C=O) groups is 1. The van der Waals surface area contributed by atoms with Gasteiger partial charge >= 0.3 is 6.18 Å². The molecule has 1 amide bonds. The van der Waals surface area contributed by atoms with Crippen LogP contribution in [0.5, 0.6) is 0 Å². The predicted molar refractivity (Wildman–Crippen MR) is 102 cm³/mol. The molecular weight excluding hydrogens is 389 g/mol. The summed E-state index contributed by atoms with van der Waals surface area (Å²) in [6.07, 6.45) is -2.79. The van der Waals surface area contributed by atoms with E-state index in [2.05, 4.69) is 4.98 Å². The summed E-state index contributed by atoms with van der Waals surface area (Å²) in [6, 6.07) is 11.8. The molecule has 0 aliphatic carbocycles. The van der Waals surface area contributed by atoms with Crippen LogP contribution < -0.4 is 4.90 Å². The van der Waals surface area contributed by atoms with Crippen molar-refractivity contribution < 1.29 is 22.7 Å². The van der Waals surface area contributed by atoms with Crippen molar-refractivity contribution in [3.63, 3.8) is 0 Å². The number of anilines is 1. The number of thiazole rings is 1.